The largest absolute Gasteiger partial charge is 0.493 e. The van der Waals surface area contributed by atoms with Gasteiger partial charge in [-0.1, -0.05) is 12.1 Å². The van der Waals surface area contributed by atoms with Gasteiger partial charge in [-0.15, -0.1) is 0 Å². The molecule has 0 radical (unpaired) electrons. The second kappa shape index (κ2) is 8.11. The van der Waals surface area contributed by atoms with Crippen molar-refractivity contribution in [3.63, 3.8) is 0 Å². The molecule has 3 nitrogen and oxygen atoms in total. The first kappa shape index (κ1) is 15.0. The highest BCUT2D eigenvalue weighted by Gasteiger charge is 2.05. The number of hydrogen-bond donors (Lipinski definition) is 1. The van der Waals surface area contributed by atoms with Crippen molar-refractivity contribution in [3.05, 3.63) is 28.8 Å². The molecule has 0 aliphatic carbocycles. The Morgan fingerprint density at radius 1 is 1.00 bits per heavy atom. The first-order valence-corrected chi connectivity index (χ1v) is 6.56. The lowest BCUT2D eigenvalue weighted by atomic mass is 10.1. The van der Waals surface area contributed by atoms with Crippen molar-refractivity contribution in [3.8, 4) is 5.75 Å². The second-order valence-corrected chi connectivity index (χ2v) is 4.60. The molecule has 1 aromatic carbocycles. The van der Waals surface area contributed by atoms with Crippen LogP contribution in [0.3, 0.4) is 0 Å². The van der Waals surface area contributed by atoms with E-state index in [2.05, 4.69) is 38.2 Å². The molecule has 0 saturated heterocycles. The monoisotopic (exact) mass is 251 g/mol. The van der Waals surface area contributed by atoms with Crippen LogP contribution in [0.15, 0.2) is 12.1 Å². The normalized spacial score (nSPS) is 10.7. The van der Waals surface area contributed by atoms with Crippen molar-refractivity contribution in [2.24, 2.45) is 0 Å². The summed E-state index contributed by atoms with van der Waals surface area (Å²) in [6, 6.07) is 4.26. The molecule has 0 bridgehead atoms. The highest BCUT2D eigenvalue weighted by atomic mass is 16.5. The van der Waals surface area contributed by atoms with Crippen LogP contribution in [-0.4, -0.2) is 33.4 Å². The van der Waals surface area contributed by atoms with Gasteiger partial charge in [-0.2, -0.15) is 0 Å². The molecule has 3 heteroatoms. The van der Waals surface area contributed by atoms with Crippen molar-refractivity contribution in [2.45, 2.75) is 27.2 Å². The summed E-state index contributed by atoms with van der Waals surface area (Å²) >= 11 is 0. The van der Waals surface area contributed by atoms with Crippen LogP contribution >= 0.6 is 0 Å². The molecule has 0 aliphatic rings. The van der Waals surface area contributed by atoms with Crippen LogP contribution in [0.25, 0.3) is 0 Å². The summed E-state index contributed by atoms with van der Waals surface area (Å²) in [6.07, 6.45) is 1.01. The van der Waals surface area contributed by atoms with Gasteiger partial charge >= 0.3 is 0 Å². The van der Waals surface area contributed by atoms with Crippen LogP contribution in [0.2, 0.25) is 0 Å². The number of methoxy groups -OCH3 is 1. The quantitative estimate of drug-likeness (QED) is 0.720. The van der Waals surface area contributed by atoms with Crippen molar-refractivity contribution < 1.29 is 9.47 Å². The van der Waals surface area contributed by atoms with Gasteiger partial charge in [0.25, 0.3) is 0 Å². The van der Waals surface area contributed by atoms with Gasteiger partial charge in [0.1, 0.15) is 5.75 Å². The summed E-state index contributed by atoms with van der Waals surface area (Å²) in [5.41, 5.74) is 3.75. The standard InChI is InChI=1S/C15H25NO2/c1-12-6-7-13(2)15(14(12)3)18-10-5-8-16-9-11-17-4/h6-7,16H,5,8-11H2,1-4H3. The van der Waals surface area contributed by atoms with Crippen LogP contribution < -0.4 is 10.1 Å². The molecular weight excluding hydrogens is 226 g/mol. The Bertz CT molecular complexity index is 364. The van der Waals surface area contributed by atoms with Gasteiger partial charge in [0, 0.05) is 13.7 Å². The van der Waals surface area contributed by atoms with E-state index in [1.54, 1.807) is 7.11 Å². The minimum atomic E-state index is 0.755. The first-order valence-electron chi connectivity index (χ1n) is 6.56. The third-order valence-corrected chi connectivity index (χ3v) is 3.10. The molecule has 0 heterocycles. The summed E-state index contributed by atoms with van der Waals surface area (Å²) in [5.74, 6) is 1.05. The Morgan fingerprint density at radius 2 is 1.72 bits per heavy atom. The molecule has 0 saturated carbocycles. The summed E-state index contributed by atoms with van der Waals surface area (Å²) in [7, 11) is 1.72. The third-order valence-electron chi connectivity index (χ3n) is 3.10. The van der Waals surface area contributed by atoms with Crippen LogP contribution in [0.5, 0.6) is 5.75 Å². The minimum Gasteiger partial charge on any atom is -0.493 e. The van der Waals surface area contributed by atoms with E-state index in [9.17, 15) is 0 Å². The van der Waals surface area contributed by atoms with Gasteiger partial charge in [-0.05, 0) is 50.4 Å². The van der Waals surface area contributed by atoms with Crippen LogP contribution in [0.4, 0.5) is 0 Å². The Morgan fingerprint density at radius 3 is 2.44 bits per heavy atom. The van der Waals surface area contributed by atoms with Gasteiger partial charge in [-0.3, -0.25) is 0 Å². The number of aryl methyl sites for hydroxylation is 2. The van der Waals surface area contributed by atoms with Crippen LogP contribution in [0, 0.1) is 20.8 Å². The van der Waals surface area contributed by atoms with Gasteiger partial charge < -0.3 is 14.8 Å². The second-order valence-electron chi connectivity index (χ2n) is 4.60. The zero-order valence-corrected chi connectivity index (χ0v) is 12.0. The zero-order chi connectivity index (χ0) is 13.4. The molecule has 0 aliphatic heterocycles. The van der Waals surface area contributed by atoms with Gasteiger partial charge in [0.15, 0.2) is 0 Å². The Hall–Kier alpha value is -1.06. The predicted octanol–water partition coefficient (Wildman–Crippen LogP) is 2.62. The molecule has 0 spiro atoms. The molecule has 0 unspecified atom stereocenters. The number of hydrogen-bond acceptors (Lipinski definition) is 3. The molecular formula is C15H25NO2. The van der Waals surface area contributed by atoms with E-state index in [-0.39, 0.29) is 0 Å². The highest BCUT2D eigenvalue weighted by molar-refractivity contribution is 5.44. The molecule has 1 rings (SSSR count). The lowest BCUT2D eigenvalue weighted by molar-refractivity contribution is 0.198. The fourth-order valence-electron chi connectivity index (χ4n) is 1.82. The summed E-state index contributed by atoms with van der Waals surface area (Å²) in [6.45, 7) is 9.72. The maximum Gasteiger partial charge on any atom is 0.125 e. The maximum absolute atomic E-state index is 5.88. The Balaban J connectivity index is 2.29. The van der Waals surface area contributed by atoms with E-state index >= 15 is 0 Å². The molecule has 18 heavy (non-hydrogen) atoms. The van der Waals surface area contributed by atoms with Gasteiger partial charge in [-0.25, -0.2) is 0 Å². The van der Waals surface area contributed by atoms with Gasteiger partial charge in [0.05, 0.1) is 13.2 Å². The summed E-state index contributed by atoms with van der Waals surface area (Å²) in [5, 5.41) is 3.31. The fourth-order valence-corrected chi connectivity index (χ4v) is 1.82. The molecule has 1 N–H and O–H groups in total. The van der Waals surface area contributed by atoms with E-state index in [0.717, 1.165) is 38.5 Å². The van der Waals surface area contributed by atoms with Crippen LogP contribution in [-0.2, 0) is 4.74 Å². The lowest BCUT2D eigenvalue weighted by Gasteiger charge is -2.14. The molecule has 102 valence electrons. The fraction of sp³-hybridized carbons (Fsp3) is 0.600. The molecule has 0 amide bonds. The lowest BCUT2D eigenvalue weighted by Crippen LogP contribution is -2.21. The van der Waals surface area contributed by atoms with Crippen molar-refractivity contribution in [1.29, 1.82) is 0 Å². The Labute approximate surface area is 110 Å². The Kier molecular flexibility index (Phi) is 6.76. The highest BCUT2D eigenvalue weighted by Crippen LogP contribution is 2.25. The van der Waals surface area contributed by atoms with E-state index in [4.69, 9.17) is 9.47 Å². The topological polar surface area (TPSA) is 30.5 Å². The van der Waals surface area contributed by atoms with Crippen molar-refractivity contribution >= 4 is 0 Å². The summed E-state index contributed by atoms with van der Waals surface area (Å²) < 4.78 is 10.9. The molecule has 1 aromatic rings. The number of nitrogens with one attached hydrogen (secondary N) is 1. The summed E-state index contributed by atoms with van der Waals surface area (Å²) in [4.78, 5) is 0. The van der Waals surface area contributed by atoms with Crippen molar-refractivity contribution in [1.82, 2.24) is 5.32 Å². The van der Waals surface area contributed by atoms with Crippen LogP contribution in [0.1, 0.15) is 23.1 Å². The molecule has 0 fully saturated rings. The number of ether oxygens (including phenoxy) is 2. The average molecular weight is 251 g/mol. The van der Waals surface area contributed by atoms with E-state index in [1.807, 2.05) is 0 Å². The van der Waals surface area contributed by atoms with E-state index < -0.39 is 0 Å². The first-order chi connectivity index (χ1) is 8.66. The minimum absolute atomic E-state index is 0.755. The van der Waals surface area contributed by atoms with Gasteiger partial charge in [0.2, 0.25) is 0 Å². The number of benzene rings is 1. The molecule has 0 atom stereocenters. The SMILES string of the molecule is COCCNCCCOc1c(C)ccc(C)c1C. The predicted molar refractivity (Wildman–Crippen MR) is 75.5 cm³/mol. The number of rotatable bonds is 8. The smallest absolute Gasteiger partial charge is 0.125 e. The molecule has 0 aromatic heterocycles. The third kappa shape index (κ3) is 4.67. The van der Waals surface area contributed by atoms with E-state index in [0.29, 0.717) is 0 Å². The zero-order valence-electron chi connectivity index (χ0n) is 12.0. The van der Waals surface area contributed by atoms with E-state index in [1.165, 1.54) is 16.7 Å². The average Bonchev–Trinajstić information content (AvgIpc) is 2.36. The maximum atomic E-state index is 5.88. The van der Waals surface area contributed by atoms with Crippen molar-refractivity contribution in [2.75, 3.05) is 33.4 Å².